The summed E-state index contributed by atoms with van der Waals surface area (Å²) in [5, 5.41) is 42.1. The van der Waals surface area contributed by atoms with Gasteiger partial charge in [0.05, 0.1) is 39.6 Å². The molecule has 7 heterocycles. The van der Waals surface area contributed by atoms with Crippen LogP contribution >= 0.6 is 11.8 Å². The molecule has 131 heavy (non-hydrogen) atoms. The number of hydrogen-bond donors (Lipinski definition) is 4. The topological polar surface area (TPSA) is 227 Å². The molecule has 1 aliphatic rings. The van der Waals surface area contributed by atoms with Crippen molar-refractivity contribution in [2.45, 2.75) is 79.4 Å². The molecule has 11 aromatic carbocycles. The Morgan fingerprint density at radius 2 is 0.656 bits per heavy atom. The first-order chi connectivity index (χ1) is 60.4. The minimum absolute atomic E-state index is 0. The van der Waals surface area contributed by atoms with Crippen LogP contribution in [0.3, 0.4) is 0 Å². The average Bonchev–Trinajstić information content (AvgIpc) is 0.848. The zero-order valence-electron chi connectivity index (χ0n) is 73.3. The molecule has 1 atom stereocenters. The van der Waals surface area contributed by atoms with Crippen molar-refractivity contribution in [2.75, 3.05) is 0 Å². The quantitative estimate of drug-likeness (QED) is 0.0567. The van der Waals surface area contributed by atoms with E-state index in [2.05, 4.69) is 185 Å². The van der Waals surface area contributed by atoms with Crippen molar-refractivity contribution < 1.29 is 160 Å². The number of nitrogens with zero attached hydrogens (tertiary/aromatic N) is 6. The molecule has 0 aliphatic carbocycles. The number of thioether (sulfide) groups is 1. The summed E-state index contributed by atoms with van der Waals surface area (Å²) < 4.78 is 0. The molecule has 0 amide bonds. The van der Waals surface area contributed by atoms with E-state index in [0.717, 1.165) is 84.1 Å². The van der Waals surface area contributed by atoms with E-state index in [1.165, 1.54) is 133 Å². The number of carbonyl (C=O) groups is 4. The van der Waals surface area contributed by atoms with Gasteiger partial charge >= 0.3 is 0 Å². The Morgan fingerprint density at radius 3 is 0.985 bits per heavy atom. The van der Waals surface area contributed by atoms with Gasteiger partial charge in [-0.2, -0.15) is 29.8 Å². The van der Waals surface area contributed by atoms with E-state index in [4.69, 9.17) is 25.4 Å². The minimum Gasteiger partial charge on any atom is -0.512 e. The first-order valence-corrected chi connectivity index (χ1v) is 41.0. The zero-order chi connectivity index (χ0) is 89.2. The van der Waals surface area contributed by atoms with Gasteiger partial charge in [0.25, 0.3) is 0 Å². The SMILES string of the molecule is CC(=O)C=C(C)O.CC(=O)C=C(C)O.CC(=O)C=C(C)O.CC(=O)C=C(C)O.Cc1[c-]c(-c2ccc3ccccc3n2)cc(C)c1.[Ir].[Ir].[Ir].[Ir].[Ir].[Ir].[c-]1ccccc1-c1ccc2ccccc2n1.[c-]1ccccc1-c1ccc2ccccc2n1.[c-]1ccccc1-c1nccc2ccccc12.[c-]1ccccc1-c1nccc2ccccc12.c1ccc(C2[CH-]c3ccccc3S2)nc1. The number of fused-ring (bicyclic) bond motifs is 6. The third-order valence-electron chi connectivity index (χ3n) is 17.6. The Hall–Kier alpha value is -11.4. The minimum atomic E-state index is -0.125. The van der Waals surface area contributed by atoms with Crippen LogP contribution in [0.2, 0.25) is 0 Å². The number of aliphatic hydroxyl groups excluding tert-OH is 4. The van der Waals surface area contributed by atoms with E-state index in [1.807, 2.05) is 243 Å². The normalized spacial score (nSPS) is 11.1. The fraction of sp³-hybridized carbons (Fsp3) is 0.100. The van der Waals surface area contributed by atoms with Crippen molar-refractivity contribution >= 4 is 89.1 Å². The van der Waals surface area contributed by atoms with Gasteiger partial charge in [-0.3, -0.25) is 39.1 Å². The molecular formula is C110H96Ir6N6O8S-6. The van der Waals surface area contributed by atoms with Gasteiger partial charge in [-0.15, -0.1) is 191 Å². The predicted octanol–water partition coefficient (Wildman–Crippen LogP) is 26.7. The van der Waals surface area contributed by atoms with Crippen LogP contribution in [0.1, 0.15) is 83.0 Å². The number of carbonyl (C=O) groups excluding carboxylic acids is 4. The van der Waals surface area contributed by atoms with Gasteiger partial charge in [0, 0.05) is 174 Å². The van der Waals surface area contributed by atoms with E-state index in [9.17, 15) is 19.2 Å². The van der Waals surface area contributed by atoms with Crippen LogP contribution in [0.5, 0.6) is 0 Å². The van der Waals surface area contributed by atoms with Gasteiger partial charge < -0.3 is 30.4 Å². The largest absolute Gasteiger partial charge is 0.512 e. The number of pyridine rings is 6. The van der Waals surface area contributed by atoms with Gasteiger partial charge in [0.15, 0.2) is 23.1 Å². The molecule has 0 bridgehead atoms. The maximum Gasteiger partial charge on any atom is 0.155 e. The molecule has 21 heteroatoms. The first-order valence-electron chi connectivity index (χ1n) is 40.1. The number of para-hydroxylation sites is 3. The second kappa shape index (κ2) is 61.3. The van der Waals surface area contributed by atoms with Crippen LogP contribution in [0.25, 0.3) is 111 Å². The summed E-state index contributed by atoms with van der Waals surface area (Å²) in [5.74, 6) is -0.250. The van der Waals surface area contributed by atoms with Crippen LogP contribution < -0.4 is 0 Å². The molecule has 0 saturated carbocycles. The third kappa shape index (κ3) is 39.7. The maximum absolute atomic E-state index is 10.0. The molecule has 6 radical (unpaired) electrons. The molecule has 0 spiro atoms. The summed E-state index contributed by atoms with van der Waals surface area (Å²) in [7, 11) is 0. The molecule has 17 aromatic rings. The van der Waals surface area contributed by atoms with Crippen molar-refractivity contribution in [3.63, 3.8) is 0 Å². The summed E-state index contributed by atoms with van der Waals surface area (Å²) in [6.07, 6.45) is 12.5. The molecule has 14 nitrogen and oxygen atoms in total. The van der Waals surface area contributed by atoms with Gasteiger partial charge in [0.2, 0.25) is 0 Å². The fourth-order valence-electron chi connectivity index (χ4n) is 12.5. The van der Waals surface area contributed by atoms with Crippen molar-refractivity contribution in [1.29, 1.82) is 0 Å². The summed E-state index contributed by atoms with van der Waals surface area (Å²) in [6, 6.07) is 124. The Balaban J connectivity index is 0.000000380. The summed E-state index contributed by atoms with van der Waals surface area (Å²) >= 11 is 1.87. The predicted molar refractivity (Wildman–Crippen MR) is 510 cm³/mol. The van der Waals surface area contributed by atoms with Gasteiger partial charge in [0.1, 0.15) is 0 Å². The fourth-order valence-corrected chi connectivity index (χ4v) is 13.6. The maximum atomic E-state index is 10.0. The van der Waals surface area contributed by atoms with E-state index >= 15 is 0 Å². The molecule has 680 valence electrons. The summed E-state index contributed by atoms with van der Waals surface area (Å²) in [4.78, 5) is 68.6. The second-order valence-corrected chi connectivity index (χ2v) is 29.6. The van der Waals surface area contributed by atoms with Crippen molar-refractivity contribution in [3.8, 4) is 56.3 Å². The zero-order valence-corrected chi connectivity index (χ0v) is 88.5. The van der Waals surface area contributed by atoms with Gasteiger partial charge in [-0.1, -0.05) is 170 Å². The monoisotopic (exact) mass is 2820 g/mol. The van der Waals surface area contributed by atoms with E-state index in [1.54, 1.807) is 0 Å². The van der Waals surface area contributed by atoms with Crippen molar-refractivity contribution in [3.05, 3.63) is 447 Å². The number of ketones is 4. The summed E-state index contributed by atoms with van der Waals surface area (Å²) in [5.41, 5.74) is 18.1. The number of benzene rings is 11. The molecule has 1 unspecified atom stereocenters. The number of aryl methyl sites for hydroxylation is 2. The van der Waals surface area contributed by atoms with Crippen LogP contribution in [0.4, 0.5) is 0 Å². The third-order valence-corrected chi connectivity index (χ3v) is 18.9. The molecule has 4 N–H and O–H groups in total. The second-order valence-electron chi connectivity index (χ2n) is 28.4. The van der Waals surface area contributed by atoms with Crippen molar-refractivity contribution in [2.24, 2.45) is 0 Å². The number of rotatable bonds is 10. The summed E-state index contributed by atoms with van der Waals surface area (Å²) in [6.45, 7) is 15.6. The molecule has 1 aliphatic heterocycles. The van der Waals surface area contributed by atoms with Gasteiger partial charge in [-0.05, 0) is 164 Å². The first kappa shape index (κ1) is 114. The van der Waals surface area contributed by atoms with Crippen molar-refractivity contribution in [1.82, 2.24) is 29.9 Å². The molecule has 18 rings (SSSR count). The van der Waals surface area contributed by atoms with Crippen LogP contribution in [0, 0.1) is 50.6 Å². The number of allylic oxidation sites excluding steroid dienone is 8. The number of aromatic nitrogens is 6. The van der Waals surface area contributed by atoms with E-state index < -0.39 is 0 Å². The van der Waals surface area contributed by atoms with Crippen LogP contribution in [-0.4, -0.2) is 73.5 Å². The van der Waals surface area contributed by atoms with Crippen LogP contribution in [-0.2, 0) is 140 Å². The Kier molecular flexibility index (Phi) is 53.2. The number of aliphatic hydroxyl groups is 4. The Labute approximate surface area is 853 Å². The smallest absolute Gasteiger partial charge is 0.155 e. The van der Waals surface area contributed by atoms with E-state index in [0.29, 0.717) is 5.25 Å². The average molecular weight is 2820 g/mol. The molecular weight excluding hydrogens is 2720 g/mol. The Bertz CT molecular complexity index is 6120. The molecule has 0 fully saturated rings. The Morgan fingerprint density at radius 1 is 0.328 bits per heavy atom. The van der Waals surface area contributed by atoms with E-state index in [-0.39, 0.29) is 167 Å². The molecule has 0 saturated heterocycles. The standard InChI is InChI=1S/C17H14N.4C15H10N.C13H10NS.4C5H8O2.6Ir/c1-12-9-13(2)11-15(10-12)17-8-7-14-5-3-4-6-16(14)18-17;2*1-2-7-13(8-3-1)15-14-9-5-4-6-12(14)10-11-16-15;2*1-2-6-12(7-3-1)15-11-10-13-8-4-5-9-14(13)16-15;1-2-7-12-10(5-1)9-13(15-12)11-6-3-4-8-14-11;4*1-4(6)3-5(2)7;;;;;;/h3-10H,1-2H3;2*1-7,9-11H;2*1-6,8-11H;1-9,13H;4*3,6H,1-2H3;;;;;;/q6*-1;;;;;;;;;;. The van der Waals surface area contributed by atoms with Crippen LogP contribution in [0.15, 0.2) is 392 Å². The number of hydrogen-bond acceptors (Lipinski definition) is 15. The van der Waals surface area contributed by atoms with Gasteiger partial charge in [-0.25, -0.2) is 0 Å². The molecule has 6 aromatic heterocycles.